The van der Waals surface area contributed by atoms with Gasteiger partial charge in [0.25, 0.3) is 0 Å². The van der Waals surface area contributed by atoms with Gasteiger partial charge in [-0.15, -0.1) is 0 Å². The molecule has 0 saturated carbocycles. The predicted molar refractivity (Wildman–Crippen MR) is 220 cm³/mol. The van der Waals surface area contributed by atoms with Crippen LogP contribution in [0.25, 0.3) is 116 Å². The zero-order valence-corrected chi connectivity index (χ0v) is 29.1. The zero-order chi connectivity index (χ0) is 36.0. The molecule has 0 amide bonds. The Kier molecular flexibility index (Phi) is 6.21. The van der Waals surface area contributed by atoms with Crippen molar-refractivity contribution in [2.45, 2.75) is 0 Å². The van der Waals surface area contributed by atoms with Gasteiger partial charge in [0.1, 0.15) is 22.3 Å². The molecule has 0 fully saturated rings. The fourth-order valence-corrected chi connectivity index (χ4v) is 8.23. The Morgan fingerprint density at radius 2 is 0.909 bits per heavy atom. The minimum Gasteiger partial charge on any atom is -0.456 e. The summed E-state index contributed by atoms with van der Waals surface area (Å²) in [7, 11) is 0. The van der Waals surface area contributed by atoms with Crippen LogP contribution in [0.3, 0.4) is 0 Å². The van der Waals surface area contributed by atoms with Gasteiger partial charge in [0.05, 0.1) is 16.7 Å². The van der Waals surface area contributed by atoms with Gasteiger partial charge in [0.15, 0.2) is 17.5 Å². The maximum atomic E-state index is 6.30. The second-order valence-electron chi connectivity index (χ2n) is 13.8. The van der Waals surface area contributed by atoms with E-state index < -0.39 is 0 Å². The minimum absolute atomic E-state index is 0.542. The minimum atomic E-state index is 0.542. The zero-order valence-electron chi connectivity index (χ0n) is 29.1. The van der Waals surface area contributed by atoms with Gasteiger partial charge in [-0.2, -0.15) is 0 Å². The van der Waals surface area contributed by atoms with E-state index in [0.29, 0.717) is 17.5 Å². The molecule has 7 nitrogen and oxygen atoms in total. The van der Waals surface area contributed by atoms with E-state index in [-0.39, 0.29) is 0 Å². The van der Waals surface area contributed by atoms with Crippen LogP contribution in [-0.4, -0.2) is 24.5 Å². The van der Waals surface area contributed by atoms with Gasteiger partial charge >= 0.3 is 0 Å². The van der Waals surface area contributed by atoms with E-state index in [4.69, 9.17) is 23.8 Å². The number of hydrogen-bond acceptors (Lipinski definition) is 6. The average Bonchev–Trinajstić information content (AvgIpc) is 3.92. The summed E-state index contributed by atoms with van der Waals surface area (Å²) in [6.45, 7) is 0. The third-order valence-corrected chi connectivity index (χ3v) is 10.8. The van der Waals surface area contributed by atoms with Gasteiger partial charge in [-0.3, -0.25) is 4.98 Å². The highest BCUT2D eigenvalue weighted by Gasteiger charge is 2.20. The molecule has 5 heterocycles. The maximum absolute atomic E-state index is 6.30. The topological polar surface area (TPSA) is 82.8 Å². The summed E-state index contributed by atoms with van der Waals surface area (Å²) in [5.41, 5.74) is 9.11. The molecule has 7 aromatic carbocycles. The molecule has 7 heteroatoms. The maximum Gasteiger partial charge on any atom is 0.164 e. The van der Waals surface area contributed by atoms with Crippen LogP contribution in [0.4, 0.5) is 0 Å². The molecule has 0 radical (unpaired) electrons. The first-order valence-electron chi connectivity index (χ1n) is 18.2. The first-order chi connectivity index (χ1) is 27.2. The smallest absolute Gasteiger partial charge is 0.164 e. The molecule has 0 saturated heterocycles. The summed E-state index contributed by atoms with van der Waals surface area (Å²) in [4.78, 5) is 19.8. The van der Waals surface area contributed by atoms with Crippen LogP contribution in [0.5, 0.6) is 0 Å². The lowest BCUT2D eigenvalue weighted by atomic mass is 10.0. The molecule has 0 atom stereocenters. The van der Waals surface area contributed by atoms with E-state index in [9.17, 15) is 0 Å². The lowest BCUT2D eigenvalue weighted by Gasteiger charge is -2.15. The Morgan fingerprint density at radius 1 is 0.382 bits per heavy atom. The molecule has 12 aromatic rings. The summed E-state index contributed by atoms with van der Waals surface area (Å²) >= 11 is 0. The molecular formula is C48H27N5O2. The number of rotatable bonds is 4. The van der Waals surface area contributed by atoms with E-state index in [1.54, 1.807) is 6.20 Å². The Bertz CT molecular complexity index is 3330. The molecule has 0 spiro atoms. The lowest BCUT2D eigenvalue weighted by Crippen LogP contribution is -2.01. The second kappa shape index (κ2) is 11.4. The van der Waals surface area contributed by atoms with Crippen molar-refractivity contribution in [3.8, 4) is 39.9 Å². The van der Waals surface area contributed by atoms with E-state index in [0.717, 1.165) is 88.1 Å². The first kappa shape index (κ1) is 29.9. The molecular weight excluding hydrogens is 679 g/mol. The molecule has 0 unspecified atom stereocenters. The van der Waals surface area contributed by atoms with E-state index in [2.05, 4.69) is 119 Å². The summed E-state index contributed by atoms with van der Waals surface area (Å²) < 4.78 is 14.9. The van der Waals surface area contributed by atoms with E-state index in [1.165, 1.54) is 10.8 Å². The molecule has 0 aliphatic carbocycles. The highest BCUT2D eigenvalue weighted by molar-refractivity contribution is 6.12. The number of benzene rings is 7. The molecule has 256 valence electrons. The fourth-order valence-electron chi connectivity index (χ4n) is 8.23. The molecule has 0 N–H and O–H groups in total. The Balaban J connectivity index is 1.09. The van der Waals surface area contributed by atoms with Crippen molar-refractivity contribution in [3.63, 3.8) is 0 Å². The van der Waals surface area contributed by atoms with Crippen LogP contribution < -0.4 is 0 Å². The standard InChI is InChI=1S/C48H27N5O2/c1-2-10-31-30(9-1)37(21-22-41(31)53-39-14-6-3-11-32(39)33-12-4-7-15-40(33)53)48-51-46(28-17-19-35-34-13-5-8-16-42(34)54-44(35)25-28)50-47(52-48)29-18-20-36-38-27-49-24-23-43(38)55-45(36)26-29/h1-27H. The van der Waals surface area contributed by atoms with Gasteiger partial charge in [-0.05, 0) is 66.0 Å². The van der Waals surface area contributed by atoms with Crippen LogP contribution in [0.15, 0.2) is 173 Å². The summed E-state index contributed by atoms with van der Waals surface area (Å²) in [6.07, 6.45) is 3.58. The summed E-state index contributed by atoms with van der Waals surface area (Å²) in [6, 6.07) is 52.3. The number of pyridine rings is 1. The van der Waals surface area contributed by atoms with Crippen LogP contribution >= 0.6 is 0 Å². The Morgan fingerprint density at radius 3 is 1.60 bits per heavy atom. The Hall–Kier alpha value is -7.64. The van der Waals surface area contributed by atoms with Gasteiger partial charge < -0.3 is 13.4 Å². The van der Waals surface area contributed by atoms with Gasteiger partial charge in [-0.25, -0.2) is 15.0 Å². The van der Waals surface area contributed by atoms with E-state index in [1.807, 2.05) is 48.7 Å². The second-order valence-corrected chi connectivity index (χ2v) is 13.8. The number of aromatic nitrogens is 5. The van der Waals surface area contributed by atoms with Crippen LogP contribution in [0, 0.1) is 0 Å². The number of fused-ring (bicyclic) bond motifs is 10. The van der Waals surface area contributed by atoms with Crippen molar-refractivity contribution < 1.29 is 8.83 Å². The molecule has 55 heavy (non-hydrogen) atoms. The summed E-state index contributed by atoms with van der Waals surface area (Å²) in [5.74, 6) is 1.66. The predicted octanol–water partition coefficient (Wildman–Crippen LogP) is 12.3. The third kappa shape index (κ3) is 4.50. The van der Waals surface area contributed by atoms with Crippen molar-refractivity contribution in [1.82, 2.24) is 24.5 Å². The molecule has 0 aliphatic rings. The van der Waals surface area contributed by atoms with E-state index >= 15 is 0 Å². The van der Waals surface area contributed by atoms with Crippen molar-refractivity contribution in [2.75, 3.05) is 0 Å². The quantitative estimate of drug-likeness (QED) is 0.181. The van der Waals surface area contributed by atoms with Gasteiger partial charge in [-0.1, -0.05) is 91.0 Å². The van der Waals surface area contributed by atoms with Gasteiger partial charge in [0.2, 0.25) is 0 Å². The van der Waals surface area contributed by atoms with Crippen molar-refractivity contribution in [2.24, 2.45) is 0 Å². The normalized spacial score (nSPS) is 12.0. The third-order valence-electron chi connectivity index (χ3n) is 10.8. The highest BCUT2D eigenvalue weighted by Crippen LogP contribution is 2.39. The Labute approximate surface area is 312 Å². The number of furan rings is 2. The number of para-hydroxylation sites is 3. The number of nitrogens with zero attached hydrogens (tertiary/aromatic N) is 5. The van der Waals surface area contributed by atoms with Crippen molar-refractivity contribution >= 4 is 76.5 Å². The SMILES string of the molecule is c1ccc2c(c1)oc1cc(-c3nc(-c4ccc5c(c4)oc4ccncc45)nc(-c4ccc(-n5c6ccccc6c6ccccc65)c5ccccc45)n3)ccc12. The van der Waals surface area contributed by atoms with Crippen molar-refractivity contribution in [3.05, 3.63) is 164 Å². The average molecular weight is 706 g/mol. The largest absolute Gasteiger partial charge is 0.456 e. The van der Waals surface area contributed by atoms with Gasteiger partial charge in [0, 0.05) is 66.8 Å². The fraction of sp³-hybridized carbons (Fsp3) is 0. The molecule has 0 bridgehead atoms. The summed E-state index contributed by atoms with van der Waals surface area (Å²) in [5, 5.41) is 8.65. The molecule has 12 rings (SSSR count). The first-order valence-corrected chi connectivity index (χ1v) is 18.2. The van der Waals surface area contributed by atoms with Crippen LogP contribution in [0.1, 0.15) is 0 Å². The monoisotopic (exact) mass is 705 g/mol. The van der Waals surface area contributed by atoms with Crippen LogP contribution in [0.2, 0.25) is 0 Å². The van der Waals surface area contributed by atoms with Crippen molar-refractivity contribution in [1.29, 1.82) is 0 Å². The van der Waals surface area contributed by atoms with Crippen LogP contribution in [-0.2, 0) is 0 Å². The lowest BCUT2D eigenvalue weighted by molar-refractivity contribution is 0.668. The molecule has 5 aromatic heterocycles. The highest BCUT2D eigenvalue weighted by atomic mass is 16.3. The number of hydrogen-bond donors (Lipinski definition) is 0. The molecule has 0 aliphatic heterocycles.